The molecular formula is C18H32O3. The second kappa shape index (κ2) is 13.9. The van der Waals surface area contributed by atoms with Gasteiger partial charge in [-0.25, -0.2) is 0 Å². The third-order valence-electron chi connectivity index (χ3n) is 3.51. The van der Waals surface area contributed by atoms with Gasteiger partial charge in [-0.3, -0.25) is 4.79 Å². The van der Waals surface area contributed by atoms with Crippen LogP contribution in [0.3, 0.4) is 0 Å². The number of carbonyl (C=O) groups is 1. The van der Waals surface area contributed by atoms with Gasteiger partial charge in [0.05, 0.1) is 6.10 Å². The van der Waals surface area contributed by atoms with E-state index in [9.17, 15) is 4.79 Å². The summed E-state index contributed by atoms with van der Waals surface area (Å²) in [5, 5.41) is 8.56. The summed E-state index contributed by atoms with van der Waals surface area (Å²) in [4.78, 5) is 10.4. The molecule has 0 aromatic carbocycles. The maximum absolute atomic E-state index is 10.4. The molecule has 122 valence electrons. The highest BCUT2D eigenvalue weighted by molar-refractivity contribution is 5.66. The Bertz CT molecular complexity index is 318. The van der Waals surface area contributed by atoms with Crippen LogP contribution >= 0.6 is 0 Å². The number of rotatable bonds is 13. The van der Waals surface area contributed by atoms with Crippen LogP contribution < -0.4 is 0 Å². The Morgan fingerprint density at radius 3 is 2.48 bits per heavy atom. The largest absolute Gasteiger partial charge is 0.481 e. The van der Waals surface area contributed by atoms with Crippen LogP contribution in [0.1, 0.15) is 71.6 Å². The van der Waals surface area contributed by atoms with E-state index in [2.05, 4.69) is 19.9 Å². The average molecular weight is 296 g/mol. The third kappa shape index (κ3) is 13.6. The Kier molecular flexibility index (Phi) is 13.2. The number of carboxylic acid groups (broad SMARTS) is 1. The molecule has 0 saturated carbocycles. The van der Waals surface area contributed by atoms with Gasteiger partial charge in [-0.1, -0.05) is 56.4 Å². The molecule has 0 aliphatic carbocycles. The number of ether oxygens (including phenoxy) is 1. The summed E-state index contributed by atoms with van der Waals surface area (Å²) in [6, 6.07) is 0. The van der Waals surface area contributed by atoms with Gasteiger partial charge in [0.2, 0.25) is 0 Å². The third-order valence-corrected chi connectivity index (χ3v) is 3.51. The molecule has 3 heteroatoms. The predicted octanol–water partition coefficient (Wildman–Crippen LogP) is 5.12. The van der Waals surface area contributed by atoms with E-state index in [1.807, 2.05) is 12.2 Å². The maximum atomic E-state index is 10.4. The molecular weight excluding hydrogens is 264 g/mol. The summed E-state index contributed by atoms with van der Waals surface area (Å²) in [6.07, 6.45) is 15.5. The molecule has 0 radical (unpaired) electrons. The van der Waals surface area contributed by atoms with Crippen molar-refractivity contribution in [2.75, 3.05) is 7.11 Å². The molecule has 0 heterocycles. The van der Waals surface area contributed by atoms with Gasteiger partial charge < -0.3 is 9.84 Å². The van der Waals surface area contributed by atoms with E-state index in [1.54, 1.807) is 7.11 Å². The van der Waals surface area contributed by atoms with E-state index in [1.165, 1.54) is 37.7 Å². The molecule has 0 aromatic heterocycles. The zero-order chi connectivity index (χ0) is 15.9. The molecule has 0 rings (SSSR count). The van der Waals surface area contributed by atoms with Crippen LogP contribution in [-0.4, -0.2) is 24.3 Å². The number of methoxy groups -OCH3 is 1. The van der Waals surface area contributed by atoms with Gasteiger partial charge in [0.15, 0.2) is 0 Å². The fourth-order valence-corrected chi connectivity index (χ4v) is 2.20. The van der Waals surface area contributed by atoms with E-state index in [0.717, 1.165) is 12.8 Å². The second-order valence-corrected chi connectivity index (χ2v) is 5.59. The monoisotopic (exact) mass is 296 g/mol. The lowest BCUT2D eigenvalue weighted by molar-refractivity contribution is -0.136. The normalized spacial score (nSPS) is 13.8. The van der Waals surface area contributed by atoms with Gasteiger partial charge in [0.25, 0.3) is 0 Å². The molecule has 0 aliphatic rings. The smallest absolute Gasteiger partial charge is 0.303 e. The molecule has 3 nitrogen and oxygen atoms in total. The minimum absolute atomic E-state index is 0.0988. The Morgan fingerprint density at radius 2 is 1.86 bits per heavy atom. The number of unbranched alkanes of at least 4 members (excludes halogenated alkanes) is 4. The van der Waals surface area contributed by atoms with Gasteiger partial charge in [0.1, 0.15) is 0 Å². The van der Waals surface area contributed by atoms with Crippen molar-refractivity contribution in [2.45, 2.75) is 77.7 Å². The zero-order valence-electron chi connectivity index (χ0n) is 13.9. The molecule has 0 aliphatic heterocycles. The Balaban J connectivity index is 3.92. The summed E-state index contributed by atoms with van der Waals surface area (Å²) in [5.41, 5.74) is 1.39. The molecule has 0 bridgehead atoms. The number of carboxylic acids is 1. The second-order valence-electron chi connectivity index (χ2n) is 5.59. The van der Waals surface area contributed by atoms with Crippen LogP contribution in [0.5, 0.6) is 0 Å². The van der Waals surface area contributed by atoms with Gasteiger partial charge in [-0.15, -0.1) is 0 Å². The van der Waals surface area contributed by atoms with Crippen LogP contribution in [0.4, 0.5) is 0 Å². The van der Waals surface area contributed by atoms with E-state index < -0.39 is 5.97 Å². The van der Waals surface area contributed by atoms with Crippen molar-refractivity contribution >= 4 is 5.97 Å². The molecule has 1 unspecified atom stereocenters. The van der Waals surface area contributed by atoms with Crippen LogP contribution in [0.2, 0.25) is 0 Å². The molecule has 0 aromatic rings. The summed E-state index contributed by atoms with van der Waals surface area (Å²) >= 11 is 0. The summed E-state index contributed by atoms with van der Waals surface area (Å²) < 4.78 is 5.45. The van der Waals surface area contributed by atoms with Crippen molar-refractivity contribution in [1.29, 1.82) is 0 Å². The van der Waals surface area contributed by atoms with Crippen molar-refractivity contribution < 1.29 is 14.6 Å². The lowest BCUT2D eigenvalue weighted by atomic mass is 10.0. The van der Waals surface area contributed by atoms with Crippen LogP contribution in [-0.2, 0) is 9.53 Å². The lowest BCUT2D eigenvalue weighted by Crippen LogP contribution is -2.06. The number of hydrogen-bond donors (Lipinski definition) is 1. The van der Waals surface area contributed by atoms with Gasteiger partial charge in [0, 0.05) is 13.5 Å². The van der Waals surface area contributed by atoms with Gasteiger partial charge in [-0.05, 0) is 32.6 Å². The summed E-state index contributed by atoms with van der Waals surface area (Å²) in [7, 11) is 1.72. The highest BCUT2D eigenvalue weighted by Gasteiger charge is 2.02. The van der Waals surface area contributed by atoms with Crippen molar-refractivity contribution in [3.63, 3.8) is 0 Å². The van der Waals surface area contributed by atoms with E-state index in [0.29, 0.717) is 6.42 Å². The Hall–Kier alpha value is -1.09. The lowest BCUT2D eigenvalue weighted by Gasteiger charge is -2.10. The van der Waals surface area contributed by atoms with Gasteiger partial charge >= 0.3 is 5.97 Å². The standard InChI is InChI=1S/C18H32O3/c1-4-5-6-7-9-12-16(2)15-17(21-3)13-10-8-11-14-18(19)20/h8,10,15,17H,4-7,9,11-14H2,1-3H3,(H,19,20). The quantitative estimate of drug-likeness (QED) is 0.379. The first-order valence-electron chi connectivity index (χ1n) is 8.17. The summed E-state index contributed by atoms with van der Waals surface area (Å²) in [6.45, 7) is 4.40. The van der Waals surface area contributed by atoms with Crippen molar-refractivity contribution in [3.8, 4) is 0 Å². The molecule has 1 N–H and O–H groups in total. The van der Waals surface area contributed by atoms with Gasteiger partial charge in [-0.2, -0.15) is 0 Å². The van der Waals surface area contributed by atoms with Crippen molar-refractivity contribution in [2.24, 2.45) is 0 Å². The highest BCUT2D eigenvalue weighted by Crippen LogP contribution is 2.13. The summed E-state index contributed by atoms with van der Waals surface area (Å²) in [5.74, 6) is -0.748. The molecule has 0 amide bonds. The number of hydrogen-bond acceptors (Lipinski definition) is 2. The molecule has 0 fully saturated rings. The Morgan fingerprint density at radius 1 is 1.14 bits per heavy atom. The van der Waals surface area contributed by atoms with Crippen LogP contribution in [0.15, 0.2) is 23.8 Å². The predicted molar refractivity (Wildman–Crippen MR) is 88.6 cm³/mol. The topological polar surface area (TPSA) is 46.5 Å². The van der Waals surface area contributed by atoms with E-state index in [4.69, 9.17) is 9.84 Å². The Labute approximate surface area is 130 Å². The maximum Gasteiger partial charge on any atom is 0.303 e. The SMILES string of the molecule is CCCCCCCC(C)=CC(CC=CCCC(=O)O)OC. The molecule has 1 atom stereocenters. The van der Waals surface area contributed by atoms with E-state index >= 15 is 0 Å². The average Bonchev–Trinajstić information content (AvgIpc) is 2.45. The number of aliphatic carboxylic acids is 1. The first-order valence-corrected chi connectivity index (χ1v) is 8.17. The van der Waals surface area contributed by atoms with Crippen molar-refractivity contribution in [3.05, 3.63) is 23.8 Å². The van der Waals surface area contributed by atoms with E-state index in [-0.39, 0.29) is 12.5 Å². The highest BCUT2D eigenvalue weighted by atomic mass is 16.5. The minimum Gasteiger partial charge on any atom is -0.481 e. The fourth-order valence-electron chi connectivity index (χ4n) is 2.20. The van der Waals surface area contributed by atoms with Crippen LogP contribution in [0.25, 0.3) is 0 Å². The molecule has 0 saturated heterocycles. The van der Waals surface area contributed by atoms with Crippen molar-refractivity contribution in [1.82, 2.24) is 0 Å². The van der Waals surface area contributed by atoms with Crippen LogP contribution in [0, 0.1) is 0 Å². The zero-order valence-corrected chi connectivity index (χ0v) is 13.9. The number of allylic oxidation sites excluding steroid dienone is 2. The first kappa shape index (κ1) is 19.9. The fraction of sp³-hybridized carbons (Fsp3) is 0.722. The first-order chi connectivity index (χ1) is 10.1. The molecule has 0 spiro atoms. The molecule has 21 heavy (non-hydrogen) atoms. The minimum atomic E-state index is -0.748.